The van der Waals surface area contributed by atoms with Gasteiger partial charge in [0.1, 0.15) is 5.65 Å². The van der Waals surface area contributed by atoms with Crippen LogP contribution in [-0.2, 0) is 16.4 Å². The lowest BCUT2D eigenvalue weighted by Gasteiger charge is -2.32. The minimum Gasteiger partial charge on any atom is -0.340 e. The number of fused-ring (bicyclic) bond motifs is 4. The van der Waals surface area contributed by atoms with Gasteiger partial charge in [-0.25, -0.2) is 0 Å². The smallest absolute Gasteiger partial charge is 0.340 e. The number of hydrogen-bond donors (Lipinski definition) is 2. The average Bonchev–Trinajstić information content (AvgIpc) is 3.22. The van der Waals surface area contributed by atoms with Crippen LogP contribution in [0.4, 0.5) is 17.1 Å². The van der Waals surface area contributed by atoms with Gasteiger partial charge in [-0.1, -0.05) is 18.2 Å². The van der Waals surface area contributed by atoms with Crippen LogP contribution in [0.5, 0.6) is 0 Å². The van der Waals surface area contributed by atoms with Crippen molar-refractivity contribution in [3.63, 3.8) is 0 Å². The maximum Gasteiger partial charge on any atom is 0.417 e. The molecular formula is C26H16F4N4O3S. The normalized spacial score (nSPS) is 14.7. The Labute approximate surface area is 212 Å². The SMILES string of the molecule is N#Cc1ccc2c(c1)[nH]c1c2c(=O)c2cc(C(F)(F)F)c(-c3cccc(S(=O)(=O)F)c3)cc2n1C1CNC1. The lowest BCUT2D eigenvalue weighted by molar-refractivity contribution is -0.137. The van der Waals surface area contributed by atoms with E-state index in [2.05, 4.69) is 10.3 Å². The summed E-state index contributed by atoms with van der Waals surface area (Å²) in [7, 11) is -5.17. The quantitative estimate of drug-likeness (QED) is 0.248. The van der Waals surface area contributed by atoms with Gasteiger partial charge in [0.2, 0.25) is 0 Å². The van der Waals surface area contributed by atoms with E-state index in [0.717, 1.165) is 24.3 Å². The molecule has 2 N–H and O–H groups in total. The first kappa shape index (κ1) is 24.1. The summed E-state index contributed by atoms with van der Waals surface area (Å²) in [5.74, 6) is 0. The number of aromatic nitrogens is 2. The van der Waals surface area contributed by atoms with Gasteiger partial charge in [-0.2, -0.15) is 26.9 Å². The maximum absolute atomic E-state index is 14.3. The number of rotatable bonds is 3. The summed E-state index contributed by atoms with van der Waals surface area (Å²) in [4.78, 5) is 16.1. The fourth-order valence-corrected chi connectivity index (χ4v) is 5.52. The van der Waals surface area contributed by atoms with E-state index >= 15 is 0 Å². The third kappa shape index (κ3) is 3.66. The Hall–Kier alpha value is -4.21. The molecular weight excluding hydrogens is 524 g/mol. The fourth-order valence-electron chi connectivity index (χ4n) is 5.01. The molecule has 1 saturated heterocycles. The standard InChI is InChI=1S/C26H16F4N4O3S/c27-26(28,29)20-8-19-22(9-18(20)14-2-1-3-16(7-14)38(30,36)37)34(15-11-32-12-15)25-23(24(19)35)17-5-4-13(10-31)6-21(17)33-25/h1-9,15,32-33H,11-12H2. The summed E-state index contributed by atoms with van der Waals surface area (Å²) in [6.45, 7) is 0.996. The molecule has 0 radical (unpaired) electrons. The van der Waals surface area contributed by atoms with Crippen molar-refractivity contribution in [1.29, 1.82) is 5.26 Å². The number of H-pyrrole nitrogens is 1. The van der Waals surface area contributed by atoms with Gasteiger partial charge in [0, 0.05) is 29.4 Å². The number of pyridine rings is 1. The van der Waals surface area contributed by atoms with Crippen molar-refractivity contribution in [2.75, 3.05) is 13.1 Å². The van der Waals surface area contributed by atoms with Crippen LogP contribution in [0.1, 0.15) is 17.2 Å². The van der Waals surface area contributed by atoms with E-state index < -0.39 is 37.9 Å². The van der Waals surface area contributed by atoms with Gasteiger partial charge >= 0.3 is 16.4 Å². The van der Waals surface area contributed by atoms with Crippen LogP contribution in [0.3, 0.4) is 0 Å². The van der Waals surface area contributed by atoms with E-state index in [1.54, 1.807) is 16.7 Å². The zero-order valence-electron chi connectivity index (χ0n) is 19.2. The third-order valence-electron chi connectivity index (χ3n) is 6.87. The van der Waals surface area contributed by atoms with E-state index in [4.69, 9.17) is 0 Å². The summed E-state index contributed by atoms with van der Waals surface area (Å²) < 4.78 is 81.3. The zero-order chi connectivity index (χ0) is 27.0. The van der Waals surface area contributed by atoms with Crippen molar-refractivity contribution < 1.29 is 25.5 Å². The molecule has 1 aliphatic heterocycles. The molecule has 12 heteroatoms. The highest BCUT2D eigenvalue weighted by Gasteiger charge is 2.36. The number of halogens is 4. The van der Waals surface area contributed by atoms with Gasteiger partial charge in [0.25, 0.3) is 0 Å². The Morgan fingerprint density at radius 2 is 1.79 bits per heavy atom. The number of nitrogens with zero attached hydrogens (tertiary/aromatic N) is 2. The molecule has 5 aromatic rings. The summed E-state index contributed by atoms with van der Waals surface area (Å²) >= 11 is 0. The molecule has 0 atom stereocenters. The van der Waals surface area contributed by atoms with Crippen LogP contribution < -0.4 is 10.7 Å². The Balaban J connectivity index is 1.78. The second kappa shape index (κ2) is 8.14. The van der Waals surface area contributed by atoms with E-state index in [9.17, 15) is 35.5 Å². The van der Waals surface area contributed by atoms with Crippen molar-refractivity contribution in [1.82, 2.24) is 14.9 Å². The van der Waals surface area contributed by atoms with Crippen molar-refractivity contribution in [2.45, 2.75) is 17.1 Å². The highest BCUT2D eigenvalue weighted by atomic mass is 32.3. The van der Waals surface area contributed by atoms with E-state index in [1.165, 1.54) is 18.2 Å². The molecule has 0 bridgehead atoms. The molecule has 3 heterocycles. The number of aromatic amines is 1. The van der Waals surface area contributed by atoms with Crippen LogP contribution in [0.15, 0.2) is 64.3 Å². The van der Waals surface area contributed by atoms with Crippen molar-refractivity contribution in [3.8, 4) is 17.2 Å². The minimum absolute atomic E-state index is 0.167. The first-order valence-corrected chi connectivity index (χ1v) is 12.8. The molecule has 1 aliphatic rings. The Morgan fingerprint density at radius 3 is 2.42 bits per heavy atom. The van der Waals surface area contributed by atoms with Gasteiger partial charge in [-0.3, -0.25) is 4.79 Å². The van der Waals surface area contributed by atoms with E-state index in [-0.39, 0.29) is 27.9 Å². The molecule has 0 unspecified atom stereocenters. The molecule has 2 aromatic heterocycles. The molecule has 6 rings (SSSR count). The molecule has 3 aromatic carbocycles. The molecule has 38 heavy (non-hydrogen) atoms. The predicted molar refractivity (Wildman–Crippen MR) is 133 cm³/mol. The summed E-state index contributed by atoms with van der Waals surface area (Å²) in [6, 6.07) is 12.7. The number of nitrogens with one attached hydrogen (secondary N) is 2. The molecule has 1 fully saturated rings. The topological polar surface area (TPSA) is 108 Å². The summed E-state index contributed by atoms with van der Waals surface area (Å²) in [5, 5.41) is 12.9. The van der Waals surface area contributed by atoms with Gasteiger partial charge in [-0.15, -0.1) is 3.89 Å². The Bertz CT molecular complexity index is 2020. The average molecular weight is 540 g/mol. The van der Waals surface area contributed by atoms with E-state index in [0.29, 0.717) is 35.2 Å². The highest BCUT2D eigenvalue weighted by molar-refractivity contribution is 7.86. The third-order valence-corrected chi connectivity index (χ3v) is 7.69. The Kier molecular flexibility index (Phi) is 5.17. The first-order valence-electron chi connectivity index (χ1n) is 11.4. The first-order chi connectivity index (χ1) is 18.0. The van der Waals surface area contributed by atoms with Gasteiger partial charge < -0.3 is 14.9 Å². The molecule has 0 saturated carbocycles. The van der Waals surface area contributed by atoms with Crippen molar-refractivity contribution >= 4 is 43.1 Å². The second-order valence-corrected chi connectivity index (χ2v) is 10.5. The lowest BCUT2D eigenvalue weighted by Crippen LogP contribution is -2.44. The number of nitriles is 1. The fraction of sp³-hybridized carbons (Fsp3) is 0.154. The van der Waals surface area contributed by atoms with Crippen molar-refractivity contribution in [2.24, 2.45) is 0 Å². The molecule has 0 aliphatic carbocycles. The van der Waals surface area contributed by atoms with Crippen LogP contribution in [0, 0.1) is 11.3 Å². The van der Waals surface area contributed by atoms with Crippen LogP contribution in [0.25, 0.3) is 44.0 Å². The van der Waals surface area contributed by atoms with Crippen molar-refractivity contribution in [3.05, 3.63) is 75.9 Å². The number of alkyl halides is 3. The summed E-state index contributed by atoms with van der Waals surface area (Å²) in [5.41, 5.74) is -0.891. The largest absolute Gasteiger partial charge is 0.417 e. The zero-order valence-corrected chi connectivity index (χ0v) is 20.0. The maximum atomic E-state index is 14.3. The van der Waals surface area contributed by atoms with Crippen LogP contribution >= 0.6 is 0 Å². The number of benzene rings is 3. The molecule has 7 nitrogen and oxygen atoms in total. The molecule has 192 valence electrons. The molecule has 0 amide bonds. The number of hydrogen-bond acceptors (Lipinski definition) is 5. The monoisotopic (exact) mass is 540 g/mol. The Morgan fingerprint density at radius 1 is 1.03 bits per heavy atom. The lowest BCUT2D eigenvalue weighted by atomic mass is 9.95. The van der Waals surface area contributed by atoms with E-state index in [1.807, 2.05) is 6.07 Å². The minimum atomic E-state index is -5.17. The van der Waals surface area contributed by atoms with Gasteiger partial charge in [0.05, 0.1) is 39.0 Å². The van der Waals surface area contributed by atoms with Crippen LogP contribution in [0.2, 0.25) is 0 Å². The van der Waals surface area contributed by atoms with Gasteiger partial charge in [0.15, 0.2) is 5.43 Å². The predicted octanol–water partition coefficient (Wildman–Crippen LogP) is 5.00. The van der Waals surface area contributed by atoms with Crippen LogP contribution in [-0.4, -0.2) is 31.1 Å². The van der Waals surface area contributed by atoms with Gasteiger partial charge in [-0.05, 0) is 47.5 Å². The molecule has 0 spiro atoms. The highest BCUT2D eigenvalue weighted by Crippen LogP contribution is 2.41. The second-order valence-electron chi connectivity index (χ2n) is 9.11. The summed E-state index contributed by atoms with van der Waals surface area (Å²) in [6.07, 6.45) is -4.90.